The van der Waals surface area contributed by atoms with Gasteiger partial charge in [0, 0.05) is 10.0 Å². The van der Waals surface area contributed by atoms with E-state index in [2.05, 4.69) is 47.7 Å². The molecule has 2 heterocycles. The molecule has 0 unspecified atom stereocenters. The van der Waals surface area contributed by atoms with Crippen LogP contribution in [0.1, 0.15) is 26.7 Å². The summed E-state index contributed by atoms with van der Waals surface area (Å²) < 4.78 is 16.5. The summed E-state index contributed by atoms with van der Waals surface area (Å²) in [6.45, 7) is -0.306. The van der Waals surface area contributed by atoms with Crippen LogP contribution in [0, 0.1) is 0 Å². The molecule has 0 bridgehead atoms. The van der Waals surface area contributed by atoms with Crippen LogP contribution in [0.25, 0.3) is 0 Å². The summed E-state index contributed by atoms with van der Waals surface area (Å²) in [4.78, 5) is 35.8. The van der Waals surface area contributed by atoms with Crippen molar-refractivity contribution in [2.45, 2.75) is 0 Å². The van der Waals surface area contributed by atoms with Gasteiger partial charge in [0.25, 0.3) is 11.8 Å². The molecule has 3 rings (SSSR count). The molecule has 154 valence electrons. The van der Waals surface area contributed by atoms with Crippen molar-refractivity contribution in [3.8, 4) is 5.75 Å². The number of halogens is 2. The molecule has 0 fully saturated rings. The molecule has 11 heteroatoms. The lowest BCUT2D eigenvalue weighted by molar-refractivity contribution is -0.120. The lowest BCUT2D eigenvalue weighted by Gasteiger charge is -2.09. The number of ether oxygens (including phenoxy) is 1. The van der Waals surface area contributed by atoms with E-state index in [4.69, 9.17) is 13.6 Å². The van der Waals surface area contributed by atoms with E-state index in [1.807, 2.05) is 0 Å². The van der Waals surface area contributed by atoms with Crippen molar-refractivity contribution >= 4 is 55.9 Å². The third-order valence-corrected chi connectivity index (χ3v) is 4.55. The van der Waals surface area contributed by atoms with Crippen molar-refractivity contribution in [1.29, 1.82) is 0 Å². The zero-order chi connectivity index (χ0) is 21.5. The Morgan fingerprint density at radius 2 is 1.77 bits per heavy atom. The van der Waals surface area contributed by atoms with Gasteiger partial charge < -0.3 is 18.9 Å². The van der Waals surface area contributed by atoms with Crippen molar-refractivity contribution < 1.29 is 28.0 Å². The third-order valence-electron chi connectivity index (χ3n) is 3.50. The van der Waals surface area contributed by atoms with Gasteiger partial charge in [-0.2, -0.15) is 5.10 Å². The van der Waals surface area contributed by atoms with Gasteiger partial charge in [0.15, 0.2) is 11.5 Å². The normalized spacial score (nSPS) is 10.7. The van der Waals surface area contributed by atoms with Crippen LogP contribution in [0.3, 0.4) is 0 Å². The summed E-state index contributed by atoms with van der Waals surface area (Å²) in [5, 5.41) is 6.23. The van der Waals surface area contributed by atoms with Crippen molar-refractivity contribution in [2.24, 2.45) is 5.10 Å². The maximum Gasteiger partial charge on any atom is 0.379 e. The molecule has 2 amide bonds. The van der Waals surface area contributed by atoms with Crippen molar-refractivity contribution in [3.05, 3.63) is 75.0 Å². The van der Waals surface area contributed by atoms with Gasteiger partial charge in [-0.05, 0) is 52.3 Å². The second kappa shape index (κ2) is 10.0. The molecule has 1 aromatic carbocycles. The molecule has 0 atom stereocenters. The van der Waals surface area contributed by atoms with Crippen LogP contribution in [0.15, 0.2) is 71.8 Å². The van der Waals surface area contributed by atoms with Crippen molar-refractivity contribution in [1.82, 2.24) is 10.7 Å². The van der Waals surface area contributed by atoms with Crippen molar-refractivity contribution in [2.75, 3.05) is 6.54 Å². The minimum absolute atomic E-state index is 0.0355. The summed E-state index contributed by atoms with van der Waals surface area (Å²) in [5.74, 6) is -1.47. The number of hydrazone groups is 1. The topological polar surface area (TPSA) is 123 Å². The number of hydrogen-bond donors (Lipinski definition) is 2. The zero-order valence-electron chi connectivity index (χ0n) is 15.1. The van der Waals surface area contributed by atoms with E-state index < -0.39 is 17.8 Å². The molecule has 0 saturated carbocycles. The molecule has 3 aromatic rings. The van der Waals surface area contributed by atoms with Crippen LogP contribution in [0.5, 0.6) is 5.75 Å². The highest BCUT2D eigenvalue weighted by Gasteiger charge is 2.17. The average molecular weight is 539 g/mol. The molecule has 0 spiro atoms. The summed E-state index contributed by atoms with van der Waals surface area (Å²) in [5.41, 5.74) is 2.67. The van der Waals surface area contributed by atoms with Crippen LogP contribution in [0.4, 0.5) is 0 Å². The molecule has 2 aromatic heterocycles. The van der Waals surface area contributed by atoms with Gasteiger partial charge in [0.1, 0.15) is 0 Å². The van der Waals surface area contributed by atoms with Crippen LogP contribution in [0.2, 0.25) is 0 Å². The van der Waals surface area contributed by atoms with E-state index in [0.717, 1.165) is 0 Å². The van der Waals surface area contributed by atoms with Gasteiger partial charge in [0.2, 0.25) is 5.76 Å². The zero-order valence-corrected chi connectivity index (χ0v) is 18.2. The molecule has 0 saturated heterocycles. The highest BCUT2D eigenvalue weighted by molar-refractivity contribution is 9.11. The molecule has 0 radical (unpaired) electrons. The van der Waals surface area contributed by atoms with Crippen LogP contribution in [-0.2, 0) is 4.79 Å². The van der Waals surface area contributed by atoms with Gasteiger partial charge >= 0.3 is 5.97 Å². The highest BCUT2D eigenvalue weighted by Crippen LogP contribution is 2.32. The van der Waals surface area contributed by atoms with Gasteiger partial charge in [-0.15, -0.1) is 0 Å². The van der Waals surface area contributed by atoms with E-state index in [1.54, 1.807) is 24.3 Å². The van der Waals surface area contributed by atoms with E-state index in [0.29, 0.717) is 14.5 Å². The Bertz CT molecular complexity index is 1080. The number of esters is 1. The van der Waals surface area contributed by atoms with E-state index in [-0.39, 0.29) is 23.8 Å². The fourth-order valence-electron chi connectivity index (χ4n) is 2.19. The Hall–Kier alpha value is -3.18. The molecule has 0 aliphatic rings. The number of amides is 2. The lowest BCUT2D eigenvalue weighted by Crippen LogP contribution is -2.34. The molecule has 2 N–H and O–H groups in total. The predicted molar refractivity (Wildman–Crippen MR) is 112 cm³/mol. The second-order valence-electron chi connectivity index (χ2n) is 5.63. The first kappa shape index (κ1) is 21.5. The first-order valence-corrected chi connectivity index (χ1v) is 9.91. The molecular formula is C19H13Br2N3O6. The van der Waals surface area contributed by atoms with Gasteiger partial charge in [-0.25, -0.2) is 10.2 Å². The quantitative estimate of drug-likeness (QED) is 0.205. The van der Waals surface area contributed by atoms with E-state index in [9.17, 15) is 14.4 Å². The molecule has 30 heavy (non-hydrogen) atoms. The van der Waals surface area contributed by atoms with E-state index in [1.165, 1.54) is 30.9 Å². The average Bonchev–Trinajstić information content (AvgIpc) is 3.42. The summed E-state index contributed by atoms with van der Waals surface area (Å²) in [6.07, 6.45) is 4.01. The smallest absolute Gasteiger partial charge is 0.379 e. The standard InChI is InChI=1S/C19H13Br2N3O6/c20-12-7-11(17(13(21)8-12)30-19(27)15-4-2-6-29-15)9-23-24-16(25)10-22-18(26)14-3-1-5-28-14/h1-9H,10H2,(H,22,26)(H,24,25)/b23-9-. The number of furan rings is 2. The van der Waals surface area contributed by atoms with Crippen LogP contribution >= 0.6 is 31.9 Å². The highest BCUT2D eigenvalue weighted by atomic mass is 79.9. The predicted octanol–water partition coefficient (Wildman–Crippen LogP) is 3.50. The summed E-state index contributed by atoms with van der Waals surface area (Å²) >= 11 is 6.67. The maximum absolute atomic E-state index is 12.2. The van der Waals surface area contributed by atoms with Gasteiger partial charge in [-0.3, -0.25) is 9.59 Å². The number of nitrogens with one attached hydrogen (secondary N) is 2. The minimum Gasteiger partial charge on any atom is -0.459 e. The Morgan fingerprint density at radius 3 is 2.43 bits per heavy atom. The van der Waals surface area contributed by atoms with Crippen molar-refractivity contribution in [3.63, 3.8) is 0 Å². The Labute approximate surface area is 186 Å². The third kappa shape index (κ3) is 5.67. The first-order chi connectivity index (χ1) is 14.4. The molecular weight excluding hydrogens is 526 g/mol. The minimum atomic E-state index is -0.692. The SMILES string of the molecule is O=C(CNC(=O)c1ccco1)N/N=C\c1cc(Br)cc(Br)c1OC(=O)c1ccco1. The number of rotatable bonds is 7. The Morgan fingerprint density at radius 1 is 1.07 bits per heavy atom. The summed E-state index contributed by atoms with van der Waals surface area (Å²) in [6, 6.07) is 9.40. The second-order valence-corrected chi connectivity index (χ2v) is 7.40. The lowest BCUT2D eigenvalue weighted by atomic mass is 10.2. The fraction of sp³-hybridized carbons (Fsp3) is 0.0526. The van der Waals surface area contributed by atoms with Crippen LogP contribution < -0.4 is 15.5 Å². The Kier molecular flexibility index (Phi) is 7.20. The van der Waals surface area contributed by atoms with Gasteiger partial charge in [0.05, 0.1) is 29.8 Å². The van der Waals surface area contributed by atoms with E-state index >= 15 is 0 Å². The largest absolute Gasteiger partial charge is 0.459 e. The summed E-state index contributed by atoms with van der Waals surface area (Å²) in [7, 11) is 0. The fourth-order valence-corrected chi connectivity index (χ4v) is 3.53. The first-order valence-electron chi connectivity index (χ1n) is 8.32. The molecule has 0 aliphatic carbocycles. The number of hydrogen-bond acceptors (Lipinski definition) is 7. The van der Waals surface area contributed by atoms with Crippen LogP contribution in [-0.4, -0.2) is 30.5 Å². The number of carbonyl (C=O) groups excluding carboxylic acids is 3. The number of carbonyl (C=O) groups is 3. The molecule has 0 aliphatic heterocycles. The number of benzene rings is 1. The maximum atomic E-state index is 12.2. The van der Waals surface area contributed by atoms with Gasteiger partial charge in [-0.1, -0.05) is 15.9 Å². The molecule has 9 nitrogen and oxygen atoms in total. The monoisotopic (exact) mass is 537 g/mol. The number of nitrogens with zero attached hydrogens (tertiary/aromatic N) is 1. The Balaban J connectivity index is 1.63.